The molecule has 0 radical (unpaired) electrons. The number of carbonyl (C=O) groups excluding carboxylic acids is 3. The van der Waals surface area contributed by atoms with Gasteiger partial charge in [0.2, 0.25) is 17.7 Å². The second-order valence-corrected chi connectivity index (χ2v) is 9.10. The van der Waals surface area contributed by atoms with Crippen molar-refractivity contribution in [2.75, 3.05) is 26.0 Å². The average molecular weight is 441 g/mol. The van der Waals surface area contributed by atoms with Gasteiger partial charge in [0.05, 0.1) is 19.8 Å². The highest BCUT2D eigenvalue weighted by atomic mass is 31.2. The first-order valence-corrected chi connectivity index (χ1v) is 11.5. The second-order valence-electron chi connectivity index (χ2n) is 7.04. The summed E-state index contributed by atoms with van der Waals surface area (Å²) < 4.78 is 23.0. The monoisotopic (exact) mass is 441 g/mol. The van der Waals surface area contributed by atoms with Crippen LogP contribution in [0.1, 0.15) is 40.2 Å². The number of benzene rings is 1. The molecule has 10 heteroatoms. The summed E-state index contributed by atoms with van der Waals surface area (Å²) in [5, 5.41) is 5.05. The molecule has 0 atom stereocenters. The van der Waals surface area contributed by atoms with E-state index in [1.165, 1.54) is 11.8 Å². The molecule has 9 nitrogen and oxygen atoms in total. The molecule has 1 aromatic carbocycles. The predicted octanol–water partition coefficient (Wildman–Crippen LogP) is 2.27. The Morgan fingerprint density at radius 3 is 2.10 bits per heavy atom. The Labute approximate surface area is 178 Å². The van der Waals surface area contributed by atoms with Crippen LogP contribution in [-0.2, 0) is 34.5 Å². The van der Waals surface area contributed by atoms with Crippen molar-refractivity contribution in [3.8, 4) is 0 Å². The van der Waals surface area contributed by atoms with Crippen LogP contribution in [0.3, 0.4) is 0 Å². The number of rotatable bonds is 12. The highest BCUT2D eigenvalue weighted by Gasteiger charge is 2.39. The summed E-state index contributed by atoms with van der Waals surface area (Å²) in [4.78, 5) is 38.4. The Bertz CT molecular complexity index is 759. The van der Waals surface area contributed by atoms with E-state index in [-0.39, 0.29) is 38.5 Å². The van der Waals surface area contributed by atoms with E-state index in [0.717, 1.165) is 5.56 Å². The van der Waals surface area contributed by atoms with Crippen LogP contribution in [0, 0.1) is 0 Å². The van der Waals surface area contributed by atoms with Gasteiger partial charge >= 0.3 is 7.60 Å². The molecule has 2 N–H and O–H groups in total. The van der Waals surface area contributed by atoms with E-state index in [1.54, 1.807) is 27.7 Å². The van der Waals surface area contributed by atoms with Crippen LogP contribution in [-0.4, -0.2) is 54.2 Å². The van der Waals surface area contributed by atoms with Crippen LogP contribution in [0.4, 0.5) is 0 Å². The van der Waals surface area contributed by atoms with E-state index < -0.39 is 24.9 Å². The predicted molar refractivity (Wildman–Crippen MR) is 114 cm³/mol. The molecule has 30 heavy (non-hydrogen) atoms. The maximum atomic E-state index is 13.0. The molecule has 0 spiro atoms. The summed E-state index contributed by atoms with van der Waals surface area (Å²) in [6.45, 7) is 8.11. The van der Waals surface area contributed by atoms with Crippen molar-refractivity contribution in [2.24, 2.45) is 0 Å². The van der Waals surface area contributed by atoms with Gasteiger partial charge in [-0.2, -0.15) is 0 Å². The third-order valence-corrected chi connectivity index (χ3v) is 6.14. The van der Waals surface area contributed by atoms with Gasteiger partial charge in [-0.1, -0.05) is 30.3 Å². The van der Waals surface area contributed by atoms with E-state index in [0.29, 0.717) is 0 Å². The molecule has 0 aliphatic heterocycles. The minimum atomic E-state index is -3.48. The molecule has 0 aromatic heterocycles. The molecule has 168 valence electrons. The number of nitrogens with zero attached hydrogens (tertiary/aromatic N) is 1. The van der Waals surface area contributed by atoms with Crippen molar-refractivity contribution >= 4 is 25.3 Å². The van der Waals surface area contributed by atoms with E-state index in [4.69, 9.17) is 9.05 Å². The highest BCUT2D eigenvalue weighted by Crippen LogP contribution is 2.46. The van der Waals surface area contributed by atoms with E-state index in [9.17, 15) is 18.9 Å². The minimum Gasteiger partial charge on any atom is -0.347 e. The molecular weight excluding hydrogens is 409 g/mol. The van der Waals surface area contributed by atoms with Gasteiger partial charge in [0.25, 0.3) is 0 Å². The Morgan fingerprint density at radius 1 is 1.03 bits per heavy atom. The first-order valence-electron chi connectivity index (χ1n) is 9.81. The van der Waals surface area contributed by atoms with Gasteiger partial charge in [-0.05, 0) is 33.3 Å². The van der Waals surface area contributed by atoms with Gasteiger partial charge in [0.1, 0.15) is 11.8 Å². The molecule has 0 heterocycles. The van der Waals surface area contributed by atoms with Crippen LogP contribution in [0.5, 0.6) is 0 Å². The molecule has 0 saturated heterocycles. The van der Waals surface area contributed by atoms with Gasteiger partial charge in [-0.25, -0.2) is 0 Å². The van der Waals surface area contributed by atoms with Crippen LogP contribution in [0.25, 0.3) is 0 Å². The number of nitrogens with one attached hydrogen (secondary N) is 2. The molecular formula is C20H32N3O6P. The normalized spacial score (nSPS) is 11.6. The zero-order chi connectivity index (χ0) is 22.8. The van der Waals surface area contributed by atoms with Gasteiger partial charge in [-0.15, -0.1) is 0 Å². The summed E-state index contributed by atoms with van der Waals surface area (Å²) in [7, 11) is -3.48. The Morgan fingerprint density at radius 2 is 1.60 bits per heavy atom. The lowest BCUT2D eigenvalue weighted by molar-refractivity contribution is -0.146. The SMILES string of the molecule is CCOP(=O)(CNC(=O)C(C)(C)N(Cc1ccccc1)C(=O)CNC(C)=O)OCC. The van der Waals surface area contributed by atoms with Crippen LogP contribution in [0.2, 0.25) is 0 Å². The smallest absolute Gasteiger partial charge is 0.347 e. The molecule has 3 amide bonds. The molecule has 0 saturated carbocycles. The second kappa shape index (κ2) is 11.8. The number of hydrogen-bond donors (Lipinski definition) is 2. The van der Waals surface area contributed by atoms with Gasteiger partial charge in [0, 0.05) is 13.5 Å². The van der Waals surface area contributed by atoms with Crippen molar-refractivity contribution in [2.45, 2.75) is 46.7 Å². The quantitative estimate of drug-likeness (QED) is 0.481. The highest BCUT2D eigenvalue weighted by molar-refractivity contribution is 7.53. The Kier molecular flexibility index (Phi) is 10.2. The van der Waals surface area contributed by atoms with Gasteiger partial charge in [0.15, 0.2) is 0 Å². The topological polar surface area (TPSA) is 114 Å². The molecule has 0 aliphatic rings. The van der Waals surface area contributed by atoms with Crippen molar-refractivity contribution < 1.29 is 28.0 Å². The fourth-order valence-corrected chi connectivity index (χ4v) is 4.07. The third-order valence-electron chi connectivity index (χ3n) is 4.29. The maximum Gasteiger partial charge on any atom is 0.349 e. The molecule has 1 rings (SSSR count). The zero-order valence-corrected chi connectivity index (χ0v) is 19.2. The largest absolute Gasteiger partial charge is 0.349 e. The van der Waals surface area contributed by atoms with Crippen molar-refractivity contribution in [1.29, 1.82) is 0 Å². The summed E-state index contributed by atoms with van der Waals surface area (Å²) >= 11 is 0. The van der Waals surface area contributed by atoms with Crippen molar-refractivity contribution in [3.05, 3.63) is 35.9 Å². The van der Waals surface area contributed by atoms with Crippen LogP contribution in [0.15, 0.2) is 30.3 Å². The number of carbonyl (C=O) groups is 3. The lowest BCUT2D eigenvalue weighted by Crippen LogP contribution is -2.58. The zero-order valence-electron chi connectivity index (χ0n) is 18.3. The number of hydrogen-bond acceptors (Lipinski definition) is 6. The first kappa shape index (κ1) is 25.8. The van der Waals surface area contributed by atoms with Crippen molar-refractivity contribution in [3.63, 3.8) is 0 Å². The summed E-state index contributed by atoms with van der Waals surface area (Å²) in [6.07, 6.45) is -0.310. The summed E-state index contributed by atoms with van der Waals surface area (Å²) in [5.74, 6) is -1.29. The van der Waals surface area contributed by atoms with E-state index in [1.807, 2.05) is 30.3 Å². The fraction of sp³-hybridized carbons (Fsp3) is 0.550. The molecule has 0 bridgehead atoms. The summed E-state index contributed by atoms with van der Waals surface area (Å²) in [6, 6.07) is 9.19. The van der Waals surface area contributed by atoms with E-state index >= 15 is 0 Å². The average Bonchev–Trinajstić information content (AvgIpc) is 2.69. The molecule has 0 aliphatic carbocycles. The summed E-state index contributed by atoms with van der Waals surface area (Å²) in [5.41, 5.74) is -0.474. The van der Waals surface area contributed by atoms with Gasteiger partial charge < -0.3 is 24.6 Å². The lowest BCUT2D eigenvalue weighted by atomic mass is 10.00. The molecule has 1 aromatic rings. The van der Waals surface area contributed by atoms with E-state index in [2.05, 4.69) is 10.6 Å². The molecule has 0 fully saturated rings. The lowest BCUT2D eigenvalue weighted by Gasteiger charge is -2.37. The standard InChI is InChI=1S/C20H32N3O6P/c1-6-28-30(27,29-7-2)15-22-19(26)20(4,5)23(18(25)13-21-16(3)24)14-17-11-9-8-10-12-17/h8-12H,6-7,13-15H2,1-5H3,(H,21,24)(H,22,26). The fourth-order valence-electron chi connectivity index (χ4n) is 2.69. The third kappa shape index (κ3) is 7.89. The molecule has 0 unspecified atom stereocenters. The number of amides is 3. The Hall–Kier alpha value is -2.22. The van der Waals surface area contributed by atoms with Crippen molar-refractivity contribution in [1.82, 2.24) is 15.5 Å². The van der Waals surface area contributed by atoms with Gasteiger partial charge in [-0.3, -0.25) is 18.9 Å². The van der Waals surface area contributed by atoms with Crippen LogP contribution < -0.4 is 10.6 Å². The van der Waals surface area contributed by atoms with Crippen LogP contribution >= 0.6 is 7.60 Å². The first-order chi connectivity index (χ1) is 14.1. The maximum absolute atomic E-state index is 13.0. The Balaban J connectivity index is 3.03. The minimum absolute atomic E-state index is 0.161.